The van der Waals surface area contributed by atoms with Gasteiger partial charge in [0.2, 0.25) is 0 Å². The minimum atomic E-state index is -1.14. The van der Waals surface area contributed by atoms with E-state index >= 15 is 0 Å². The zero-order valence-corrected chi connectivity index (χ0v) is 69.0. The number of benzene rings is 14. The van der Waals surface area contributed by atoms with Gasteiger partial charge in [0, 0.05) is 18.8 Å². The summed E-state index contributed by atoms with van der Waals surface area (Å²) in [4.78, 5) is 0. The Morgan fingerprint density at radius 2 is 0.333 bits per heavy atom. The van der Waals surface area contributed by atoms with Gasteiger partial charge in [-0.05, 0) is 143 Å². The van der Waals surface area contributed by atoms with Gasteiger partial charge in [0.1, 0.15) is 95.3 Å². The van der Waals surface area contributed by atoms with Crippen LogP contribution in [0.15, 0.2) is 364 Å². The minimum Gasteiger partial charge on any atom is -0.366 e. The first-order chi connectivity index (χ1) is 48.5. The molecule has 10 heteroatoms. The first kappa shape index (κ1) is 78.6. The van der Waals surface area contributed by atoms with Crippen LogP contribution in [0.4, 0.5) is 0 Å². The van der Waals surface area contributed by atoms with E-state index in [0.29, 0.717) is 0 Å². The molecule has 0 radical (unpaired) electrons. The molecule has 0 spiro atoms. The second kappa shape index (κ2) is 39.4. The summed E-state index contributed by atoms with van der Waals surface area (Å²) in [5, 5.41) is 22.2. The van der Waals surface area contributed by atoms with Gasteiger partial charge in [-0.1, -0.05) is 194 Å². The number of rotatable bonds is 12. The van der Waals surface area contributed by atoms with Crippen molar-refractivity contribution in [2.45, 2.75) is 0 Å². The maximum absolute atomic E-state index is 7.14. The van der Waals surface area contributed by atoms with E-state index in [-0.39, 0.29) is 89.5 Å². The quantitative estimate of drug-likeness (QED) is 0.0495. The molecule has 0 nitrogen and oxygen atoms in total. The van der Waals surface area contributed by atoms with Crippen molar-refractivity contribution in [1.82, 2.24) is 0 Å². The van der Waals surface area contributed by atoms with Crippen LogP contribution < -0.4 is 63.7 Å². The summed E-state index contributed by atoms with van der Waals surface area (Å²) in [7, 11) is -4.56. The third-order valence-electron chi connectivity index (χ3n) is 17.0. The maximum atomic E-state index is 7.14. The van der Waals surface area contributed by atoms with Gasteiger partial charge in [-0.15, -0.1) is 93.5 Å². The average Bonchev–Trinajstić information content (AvgIpc) is 1.16. The molecular formula is C92H64Au4P4S2+4. The largest absolute Gasteiger partial charge is 1.00 e. The molecule has 0 amide bonds. The minimum absolute atomic E-state index is 0. The summed E-state index contributed by atoms with van der Waals surface area (Å²) in [5.41, 5.74) is 3.18. The molecule has 0 aliphatic rings. The Balaban J connectivity index is 0.000000162. The van der Waals surface area contributed by atoms with Crippen LogP contribution in [-0.4, -0.2) is 0 Å². The van der Waals surface area contributed by atoms with Crippen LogP contribution in [0.3, 0.4) is 0 Å². The third kappa shape index (κ3) is 18.9. The molecule has 0 saturated heterocycles. The molecule has 2 heterocycles. The average molecular weight is 2150 g/mol. The summed E-state index contributed by atoms with van der Waals surface area (Å²) >= 11 is 3.35. The van der Waals surface area contributed by atoms with E-state index in [1.54, 1.807) is 22.7 Å². The second-order valence-corrected chi connectivity index (χ2v) is 35.0. The van der Waals surface area contributed by atoms with Crippen molar-refractivity contribution < 1.29 is 89.5 Å². The fourth-order valence-corrected chi connectivity index (χ4v) is 26.8. The van der Waals surface area contributed by atoms with Crippen LogP contribution in [0.2, 0.25) is 0 Å². The van der Waals surface area contributed by atoms with Crippen LogP contribution >= 0.6 is 54.4 Å². The van der Waals surface area contributed by atoms with Gasteiger partial charge in [0.25, 0.3) is 0 Å². The predicted molar refractivity (Wildman–Crippen MR) is 437 cm³/mol. The van der Waals surface area contributed by atoms with Crippen LogP contribution in [0, 0.1) is 49.4 Å². The van der Waals surface area contributed by atoms with Crippen LogP contribution in [0.25, 0.3) is 40.3 Å². The van der Waals surface area contributed by atoms with Gasteiger partial charge in [-0.2, -0.15) is 0 Å². The Hall–Kier alpha value is -7.56. The molecule has 0 aliphatic carbocycles. The van der Waals surface area contributed by atoms with Crippen molar-refractivity contribution in [3.63, 3.8) is 0 Å². The van der Waals surface area contributed by atoms with E-state index in [9.17, 15) is 0 Å². The Kier molecular flexibility index (Phi) is 30.3. The van der Waals surface area contributed by atoms with E-state index in [1.807, 2.05) is 72.8 Å². The first-order valence-electron chi connectivity index (χ1n) is 32.2. The molecule has 0 bridgehead atoms. The van der Waals surface area contributed by atoms with E-state index in [2.05, 4.69) is 315 Å². The zero-order valence-electron chi connectivity index (χ0n) is 54.7. The Morgan fingerprint density at radius 3 is 0.480 bits per heavy atom. The summed E-state index contributed by atoms with van der Waals surface area (Å²) < 4.78 is 4.61. The van der Waals surface area contributed by atoms with Crippen molar-refractivity contribution in [2.75, 3.05) is 0 Å². The van der Waals surface area contributed by atoms with Crippen molar-refractivity contribution in [1.29, 1.82) is 0 Å². The van der Waals surface area contributed by atoms with E-state index in [4.69, 9.17) is 25.7 Å². The van der Waals surface area contributed by atoms with Crippen molar-refractivity contribution >= 4 is 158 Å². The summed E-state index contributed by atoms with van der Waals surface area (Å²) in [6.45, 7) is 0. The van der Waals surface area contributed by atoms with Crippen molar-refractivity contribution in [2.24, 2.45) is 0 Å². The molecule has 16 aromatic rings. The molecule has 0 aliphatic heterocycles. The van der Waals surface area contributed by atoms with Crippen LogP contribution in [0.1, 0.15) is 22.3 Å². The standard InChI is InChI=1S/2C30H24P2.2C16H6S.4Au/c2*1-5-15-25(16-6-1)31(26-17-7-2-8-18-26)29-23-13-14-24-30(29)32(27-19-9-3-10-20-27)28-21-11-4-12-22-28;2*1-3-11-5-7-13-14-8-6-12(4-2)10-16(14)17-15(13)9-11;;;;/h2*1-24H;2*5-10H;;;;/q;;2*-2;4*+1/p+4. The first-order valence-corrected chi connectivity index (χ1v) is 39.8. The van der Waals surface area contributed by atoms with Gasteiger partial charge in [-0.3, -0.25) is 23.7 Å². The fourth-order valence-electron chi connectivity index (χ4n) is 12.5. The molecule has 14 aromatic carbocycles. The molecular weight excluding hydrogens is 2080 g/mol. The Morgan fingerprint density at radius 1 is 0.186 bits per heavy atom. The van der Waals surface area contributed by atoms with Crippen LogP contribution in [-0.2, 0) is 89.5 Å². The molecule has 0 fully saturated rings. The number of thiophene rings is 2. The van der Waals surface area contributed by atoms with E-state index in [1.165, 1.54) is 85.2 Å². The number of hydrogen-bond donors (Lipinski definition) is 0. The number of fused-ring (bicyclic) bond motifs is 6. The number of hydrogen-bond acceptors (Lipinski definition) is 2. The summed E-state index contributed by atoms with van der Waals surface area (Å²) in [5.74, 6) is 9.60. The molecule has 0 N–H and O–H groups in total. The van der Waals surface area contributed by atoms with Gasteiger partial charge < -0.3 is 25.7 Å². The third-order valence-corrected chi connectivity index (χ3v) is 30.9. The normalized spacial score (nSPS) is 10.4. The van der Waals surface area contributed by atoms with Gasteiger partial charge in [0.15, 0.2) is 0 Å². The van der Waals surface area contributed by atoms with Crippen LogP contribution in [0.5, 0.6) is 0 Å². The van der Waals surface area contributed by atoms with Gasteiger partial charge >= 0.3 is 89.5 Å². The van der Waals surface area contributed by atoms with Crippen molar-refractivity contribution in [3.8, 4) is 23.7 Å². The molecule has 2 aromatic heterocycles. The monoisotopic (exact) mass is 2140 g/mol. The van der Waals surface area contributed by atoms with Crippen molar-refractivity contribution in [3.05, 3.63) is 412 Å². The van der Waals surface area contributed by atoms with Gasteiger partial charge in [0.05, 0.1) is 0 Å². The molecule has 504 valence electrons. The summed E-state index contributed by atoms with van der Waals surface area (Å²) in [6, 6.07) is 130. The summed E-state index contributed by atoms with van der Waals surface area (Å²) in [6.07, 6.45) is 28.5. The Labute approximate surface area is 676 Å². The second-order valence-electron chi connectivity index (χ2n) is 23.1. The SMILES string of the molecule is [Au+].[Au+].[Au+].[Au+].[C-]#Cc1ccc2c(c1)sc1cc(C#[C-])ccc12.[C-]#Cc1ccc2c(c1)sc1cc(C#[C-])ccc12.c1ccc([PH+](c2ccccc2)c2ccccc2[PH+](c2ccccc2)c2ccccc2)cc1.c1ccc([PH+](c2ccccc2)c2ccccc2[PH+](c2ccccc2)c2ccccc2)cc1. The fraction of sp³-hybridized carbons (Fsp3) is 0. The molecule has 0 atom stereocenters. The zero-order chi connectivity index (χ0) is 66.8. The van der Waals surface area contributed by atoms with E-state index in [0.717, 1.165) is 41.1 Å². The maximum Gasteiger partial charge on any atom is 1.00 e. The molecule has 0 unspecified atom stereocenters. The Bertz CT molecular complexity index is 4680. The molecule has 16 rings (SSSR count). The smallest absolute Gasteiger partial charge is 0.366 e. The van der Waals surface area contributed by atoms with Gasteiger partial charge in [-0.25, -0.2) is 0 Å². The molecule has 102 heavy (non-hydrogen) atoms. The van der Waals surface area contributed by atoms with E-state index < -0.39 is 31.7 Å². The predicted octanol–water partition coefficient (Wildman–Crippen LogP) is 17.2. The molecule has 0 saturated carbocycles. The topological polar surface area (TPSA) is 0 Å².